The van der Waals surface area contributed by atoms with Crippen molar-refractivity contribution in [3.05, 3.63) is 70.8 Å². The van der Waals surface area contributed by atoms with Crippen LogP contribution in [0.15, 0.2) is 48.5 Å². The summed E-state index contributed by atoms with van der Waals surface area (Å²) < 4.78 is 38.3. The summed E-state index contributed by atoms with van der Waals surface area (Å²) in [6.45, 7) is 2.11. The molecule has 2 aromatic rings. The van der Waals surface area contributed by atoms with Crippen molar-refractivity contribution in [3.8, 4) is 11.8 Å². The first-order valence-electron chi connectivity index (χ1n) is 12.5. The monoisotopic (exact) mass is 501 g/mol. The number of amides is 1. The Morgan fingerprint density at radius 3 is 1.81 bits per heavy atom. The topological polar surface area (TPSA) is 57.6 Å². The van der Waals surface area contributed by atoms with Gasteiger partial charge in [-0.15, -0.1) is 0 Å². The van der Waals surface area contributed by atoms with Crippen molar-refractivity contribution in [2.45, 2.75) is 84.0 Å². The molecule has 1 amide bonds. The van der Waals surface area contributed by atoms with Crippen LogP contribution < -0.4 is 0 Å². The second kappa shape index (κ2) is 15.0. The first-order valence-corrected chi connectivity index (χ1v) is 12.5. The summed E-state index contributed by atoms with van der Waals surface area (Å²) in [4.78, 5) is 24.5. The molecule has 0 aliphatic rings. The quantitative estimate of drug-likeness (QED) is 0.190. The van der Waals surface area contributed by atoms with Crippen molar-refractivity contribution in [1.82, 2.24) is 4.90 Å². The van der Waals surface area contributed by atoms with E-state index < -0.39 is 23.6 Å². The Morgan fingerprint density at radius 1 is 0.806 bits per heavy atom. The molecule has 0 fully saturated rings. The molecule has 0 saturated carbocycles. The summed E-state index contributed by atoms with van der Waals surface area (Å²) in [6, 6.07) is 11.5. The van der Waals surface area contributed by atoms with Crippen molar-refractivity contribution in [3.63, 3.8) is 0 Å². The van der Waals surface area contributed by atoms with Gasteiger partial charge >= 0.3 is 18.1 Å². The third kappa shape index (κ3) is 10.6. The van der Waals surface area contributed by atoms with E-state index in [2.05, 4.69) is 18.8 Å². The van der Waals surface area contributed by atoms with E-state index in [1.807, 2.05) is 12.1 Å². The summed E-state index contributed by atoms with van der Waals surface area (Å²) in [6.07, 6.45) is 6.39. The van der Waals surface area contributed by atoms with E-state index in [9.17, 15) is 22.8 Å². The van der Waals surface area contributed by atoms with E-state index >= 15 is 0 Å². The lowest BCUT2D eigenvalue weighted by atomic mass is 10.1. The largest absolute Gasteiger partial charge is 0.474 e. The maximum absolute atomic E-state index is 12.8. The first-order chi connectivity index (χ1) is 17.2. The fourth-order valence-corrected chi connectivity index (χ4v) is 3.78. The number of carboxylic acids is 1. The van der Waals surface area contributed by atoms with Crippen LogP contribution >= 0.6 is 0 Å². The van der Waals surface area contributed by atoms with Crippen LogP contribution in [-0.2, 0) is 28.9 Å². The summed E-state index contributed by atoms with van der Waals surface area (Å²) >= 11 is 0. The Labute approximate surface area is 211 Å². The van der Waals surface area contributed by atoms with Gasteiger partial charge in [0.05, 0.1) is 5.56 Å². The molecule has 0 unspecified atom stereocenters. The van der Waals surface area contributed by atoms with E-state index in [0.29, 0.717) is 11.1 Å². The lowest BCUT2D eigenvalue weighted by Gasteiger charge is -2.21. The molecule has 4 nitrogen and oxygen atoms in total. The van der Waals surface area contributed by atoms with Gasteiger partial charge < -0.3 is 10.0 Å². The maximum atomic E-state index is 12.8. The zero-order valence-electron chi connectivity index (χ0n) is 20.7. The second-order valence-electron chi connectivity index (χ2n) is 8.88. The van der Waals surface area contributed by atoms with E-state index in [1.165, 1.54) is 57.1 Å². The van der Waals surface area contributed by atoms with Gasteiger partial charge in [-0.3, -0.25) is 4.79 Å². The zero-order chi connectivity index (χ0) is 26.4. The average molecular weight is 502 g/mol. The number of nitrogens with zero attached hydrogens (tertiary/aromatic N) is 1. The number of halogens is 3. The lowest BCUT2D eigenvalue weighted by Crippen LogP contribution is -2.35. The highest BCUT2D eigenvalue weighted by molar-refractivity contribution is 6.31. The number of alkyl halides is 3. The summed E-state index contributed by atoms with van der Waals surface area (Å²) in [5.41, 5.74) is 1.13. The third-order valence-corrected chi connectivity index (χ3v) is 5.84. The molecule has 2 aromatic carbocycles. The molecule has 1 N–H and O–H groups in total. The molecule has 7 heteroatoms. The van der Waals surface area contributed by atoms with Crippen LogP contribution in [0.2, 0.25) is 0 Å². The summed E-state index contributed by atoms with van der Waals surface area (Å²) in [5, 5.41) is 9.17. The molecule has 0 aromatic heterocycles. The number of aliphatic carboxylic acids is 1. The number of carbonyl (C=O) groups excluding carboxylic acids is 1. The Bertz CT molecular complexity index is 1020. The highest BCUT2D eigenvalue weighted by Crippen LogP contribution is 2.29. The van der Waals surface area contributed by atoms with Crippen LogP contribution in [0.4, 0.5) is 13.2 Å². The fraction of sp³-hybridized carbons (Fsp3) is 0.448. The maximum Gasteiger partial charge on any atom is 0.416 e. The van der Waals surface area contributed by atoms with Crippen LogP contribution in [-0.4, -0.2) is 21.9 Å². The Balaban J connectivity index is 1.89. The first kappa shape index (κ1) is 29.0. The molecule has 194 valence electrons. The van der Waals surface area contributed by atoms with Gasteiger partial charge in [-0.25, -0.2) is 4.79 Å². The molecule has 36 heavy (non-hydrogen) atoms. The standard InChI is InChI=1S/C29H34F3NO3/c1-2-3-4-5-6-7-8-9-10-11-12-23-13-15-24(16-14-23)21-33(27(34)28(35)36)22-25-17-19-26(20-18-25)29(30,31)32/h13-20H,2-10,21-22H2,1H3,(H,35,36). The number of rotatable bonds is 12. The molecule has 0 bridgehead atoms. The van der Waals surface area contributed by atoms with Crippen LogP contribution in [0.25, 0.3) is 0 Å². The SMILES string of the molecule is CCCCCCCCCCC#Cc1ccc(CN(Cc2ccc(C(F)(F)F)cc2)C(=O)C(=O)O)cc1. The molecule has 0 heterocycles. The highest BCUT2D eigenvalue weighted by atomic mass is 19.4. The molecule has 0 aliphatic carbocycles. The van der Waals surface area contributed by atoms with Gasteiger partial charge in [0.15, 0.2) is 0 Å². The van der Waals surface area contributed by atoms with Gasteiger partial charge in [0.1, 0.15) is 0 Å². The van der Waals surface area contributed by atoms with Crippen LogP contribution in [0.5, 0.6) is 0 Å². The Morgan fingerprint density at radius 2 is 1.31 bits per heavy atom. The summed E-state index contributed by atoms with van der Waals surface area (Å²) in [7, 11) is 0. The Kier molecular flexibility index (Phi) is 12.0. The normalized spacial score (nSPS) is 11.0. The molecule has 2 rings (SSSR count). The molecule has 0 aliphatic heterocycles. The molecular formula is C29H34F3NO3. The van der Waals surface area contributed by atoms with Crippen molar-refractivity contribution in [1.29, 1.82) is 0 Å². The van der Waals surface area contributed by atoms with Gasteiger partial charge in [-0.2, -0.15) is 13.2 Å². The van der Waals surface area contributed by atoms with E-state index in [4.69, 9.17) is 5.11 Å². The lowest BCUT2D eigenvalue weighted by molar-refractivity contribution is -0.156. The molecule has 0 radical (unpaired) electrons. The van der Waals surface area contributed by atoms with E-state index in [1.54, 1.807) is 12.1 Å². The highest BCUT2D eigenvalue weighted by Gasteiger charge is 2.30. The van der Waals surface area contributed by atoms with Gasteiger partial charge in [-0.05, 0) is 41.8 Å². The van der Waals surface area contributed by atoms with Gasteiger partial charge in [0, 0.05) is 25.1 Å². The Hall–Kier alpha value is -3.27. The van der Waals surface area contributed by atoms with Crippen molar-refractivity contribution in [2.24, 2.45) is 0 Å². The molecule has 0 saturated heterocycles. The average Bonchev–Trinajstić information content (AvgIpc) is 2.85. The van der Waals surface area contributed by atoms with Crippen LogP contribution in [0.1, 0.15) is 87.0 Å². The minimum Gasteiger partial charge on any atom is -0.474 e. The number of carbonyl (C=O) groups is 2. The predicted molar refractivity (Wildman–Crippen MR) is 134 cm³/mol. The fourth-order valence-electron chi connectivity index (χ4n) is 3.78. The van der Waals surface area contributed by atoms with Crippen molar-refractivity contribution >= 4 is 11.9 Å². The second-order valence-corrected chi connectivity index (χ2v) is 8.88. The third-order valence-electron chi connectivity index (χ3n) is 5.84. The number of hydrogen-bond acceptors (Lipinski definition) is 2. The van der Waals surface area contributed by atoms with Gasteiger partial charge in [-0.1, -0.05) is 88.0 Å². The number of carboxylic acid groups (broad SMARTS) is 1. The zero-order valence-corrected chi connectivity index (χ0v) is 20.7. The summed E-state index contributed by atoms with van der Waals surface area (Å²) in [5.74, 6) is 3.57. The molecule has 0 spiro atoms. The smallest absolute Gasteiger partial charge is 0.416 e. The molecular weight excluding hydrogens is 467 g/mol. The number of benzene rings is 2. The van der Waals surface area contributed by atoms with E-state index in [0.717, 1.165) is 35.4 Å². The van der Waals surface area contributed by atoms with Gasteiger partial charge in [0.2, 0.25) is 0 Å². The van der Waals surface area contributed by atoms with Crippen LogP contribution in [0.3, 0.4) is 0 Å². The van der Waals surface area contributed by atoms with Crippen molar-refractivity contribution < 1.29 is 27.9 Å². The van der Waals surface area contributed by atoms with Gasteiger partial charge in [0.25, 0.3) is 0 Å². The van der Waals surface area contributed by atoms with Crippen LogP contribution in [0, 0.1) is 11.8 Å². The molecule has 0 atom stereocenters. The minimum atomic E-state index is -4.46. The predicted octanol–water partition coefficient (Wildman–Crippen LogP) is 7.20. The van der Waals surface area contributed by atoms with Crippen molar-refractivity contribution in [2.75, 3.05) is 0 Å². The minimum absolute atomic E-state index is 0.0120. The van der Waals surface area contributed by atoms with E-state index in [-0.39, 0.29) is 13.1 Å². The number of unbranched alkanes of at least 4 members (excludes halogenated alkanes) is 8. The number of hydrogen-bond donors (Lipinski definition) is 1.